The van der Waals surface area contributed by atoms with Crippen molar-refractivity contribution in [1.29, 1.82) is 0 Å². The van der Waals surface area contributed by atoms with Gasteiger partial charge in [-0.05, 0) is 38.5 Å². The number of carbonyl (C=O) groups is 1. The summed E-state index contributed by atoms with van der Waals surface area (Å²) in [5.74, 6) is 1.16. The Morgan fingerprint density at radius 2 is 1.94 bits per heavy atom. The molecule has 3 heterocycles. The highest BCUT2D eigenvalue weighted by Gasteiger charge is 2.27. The minimum atomic E-state index is -0.226. The lowest BCUT2D eigenvalue weighted by molar-refractivity contribution is 0.0689. The van der Waals surface area contributed by atoms with Crippen molar-refractivity contribution in [3.8, 4) is 5.88 Å². The fourth-order valence-corrected chi connectivity index (χ4v) is 4.83. The Bertz CT molecular complexity index is 1400. The summed E-state index contributed by atoms with van der Waals surface area (Å²) in [6.45, 7) is 6.13. The van der Waals surface area contributed by atoms with Gasteiger partial charge in [0.25, 0.3) is 11.5 Å². The summed E-state index contributed by atoms with van der Waals surface area (Å²) in [6, 6.07) is 7.01. The molecule has 172 valence electrons. The first-order valence-corrected chi connectivity index (χ1v) is 11.3. The quantitative estimate of drug-likeness (QED) is 0.443. The maximum atomic E-state index is 13.6. The Morgan fingerprint density at radius 1 is 1.18 bits per heavy atom. The lowest BCUT2D eigenvalue weighted by Gasteiger charge is -2.26. The second-order valence-electron chi connectivity index (χ2n) is 7.88. The molecule has 3 aromatic heterocycles. The lowest BCUT2D eigenvalue weighted by atomic mass is 10.1. The van der Waals surface area contributed by atoms with Crippen LogP contribution in [0.15, 0.2) is 29.1 Å². The Labute approximate surface area is 194 Å². The molecule has 1 N–H and O–H groups in total. The average molecular weight is 468 g/mol. The third-order valence-corrected chi connectivity index (χ3v) is 6.50. The van der Waals surface area contributed by atoms with Crippen LogP contribution in [-0.2, 0) is 17.9 Å². The van der Waals surface area contributed by atoms with E-state index in [1.165, 1.54) is 11.3 Å². The number of fused-ring (bicyclic) bond motifs is 2. The zero-order chi connectivity index (χ0) is 23.7. The van der Waals surface area contributed by atoms with Crippen LogP contribution in [0.2, 0.25) is 0 Å². The molecule has 4 rings (SSSR count). The van der Waals surface area contributed by atoms with Crippen LogP contribution in [0.25, 0.3) is 21.1 Å². The van der Waals surface area contributed by atoms with Crippen molar-refractivity contribution in [3.63, 3.8) is 0 Å². The summed E-state index contributed by atoms with van der Waals surface area (Å²) in [4.78, 5) is 45.3. The number of amides is 1. The van der Waals surface area contributed by atoms with Crippen molar-refractivity contribution in [2.75, 3.05) is 14.2 Å². The third-order valence-electron chi connectivity index (χ3n) is 5.33. The maximum Gasteiger partial charge on any atom is 0.264 e. The molecule has 0 radical (unpaired) electrons. The van der Waals surface area contributed by atoms with E-state index in [-0.39, 0.29) is 30.7 Å². The van der Waals surface area contributed by atoms with E-state index in [1.54, 1.807) is 37.3 Å². The second kappa shape index (κ2) is 9.24. The van der Waals surface area contributed by atoms with Crippen LogP contribution in [-0.4, -0.2) is 51.0 Å². The van der Waals surface area contributed by atoms with Gasteiger partial charge in [-0.3, -0.25) is 9.59 Å². The average Bonchev–Trinajstić information content (AvgIpc) is 3.13. The highest BCUT2D eigenvalue weighted by Crippen LogP contribution is 2.36. The summed E-state index contributed by atoms with van der Waals surface area (Å²) in [6.07, 6.45) is 0. The topological polar surface area (TPSA) is 110 Å². The number of para-hydroxylation sites is 1. The van der Waals surface area contributed by atoms with Crippen molar-refractivity contribution in [1.82, 2.24) is 24.8 Å². The van der Waals surface area contributed by atoms with Crippen LogP contribution in [0.4, 0.5) is 0 Å². The fourth-order valence-electron chi connectivity index (χ4n) is 3.68. The number of nitrogens with zero attached hydrogens (tertiary/aromatic N) is 4. The number of thiophene rings is 1. The first kappa shape index (κ1) is 22.8. The van der Waals surface area contributed by atoms with Gasteiger partial charge >= 0.3 is 0 Å². The number of aromatic amines is 1. The molecule has 0 spiro atoms. The molecule has 0 fully saturated rings. The van der Waals surface area contributed by atoms with Crippen molar-refractivity contribution in [2.45, 2.75) is 40.0 Å². The molecule has 0 aliphatic heterocycles. The zero-order valence-corrected chi connectivity index (χ0v) is 19.9. The number of aromatic nitrogens is 4. The van der Waals surface area contributed by atoms with Crippen LogP contribution < -0.4 is 10.3 Å². The summed E-state index contributed by atoms with van der Waals surface area (Å²) in [5, 5.41) is 1.23. The number of carbonyl (C=O) groups excluding carboxylic acids is 1. The Balaban J connectivity index is 1.74. The minimum absolute atomic E-state index is 0.129. The smallest absolute Gasteiger partial charge is 0.264 e. The molecule has 0 bridgehead atoms. The van der Waals surface area contributed by atoms with Gasteiger partial charge in [0.15, 0.2) is 5.82 Å². The normalized spacial score (nSPS) is 11.5. The number of hydrogen-bond donors (Lipinski definition) is 1. The summed E-state index contributed by atoms with van der Waals surface area (Å²) >= 11 is 1.29. The predicted octanol–water partition coefficient (Wildman–Crippen LogP) is 3.44. The molecule has 0 atom stereocenters. The fraction of sp³-hybridized carbons (Fsp3) is 0.348. The van der Waals surface area contributed by atoms with Gasteiger partial charge < -0.3 is 19.4 Å². The molecule has 0 aliphatic rings. The van der Waals surface area contributed by atoms with Crippen molar-refractivity contribution >= 4 is 38.4 Å². The second-order valence-corrected chi connectivity index (χ2v) is 8.87. The van der Waals surface area contributed by atoms with Crippen LogP contribution >= 0.6 is 11.3 Å². The molecule has 0 aliphatic carbocycles. The minimum Gasteiger partial charge on any atom is -0.480 e. The summed E-state index contributed by atoms with van der Waals surface area (Å²) < 4.78 is 10.6. The molecule has 0 saturated carbocycles. The first-order valence-electron chi connectivity index (χ1n) is 10.5. The number of nitrogens with one attached hydrogen (secondary N) is 1. The summed E-state index contributed by atoms with van der Waals surface area (Å²) in [5.41, 5.74) is 1.12. The van der Waals surface area contributed by atoms with Crippen LogP contribution in [0.5, 0.6) is 5.88 Å². The van der Waals surface area contributed by atoms with Crippen LogP contribution in [0.3, 0.4) is 0 Å². The number of benzene rings is 1. The number of H-pyrrole nitrogens is 1. The van der Waals surface area contributed by atoms with E-state index in [0.29, 0.717) is 43.5 Å². The van der Waals surface area contributed by atoms with Gasteiger partial charge in [0.2, 0.25) is 5.88 Å². The first-order chi connectivity index (χ1) is 15.8. The number of aryl methyl sites for hydroxylation is 1. The molecule has 9 nitrogen and oxygen atoms in total. The Hall–Kier alpha value is -3.37. The van der Waals surface area contributed by atoms with E-state index in [1.807, 2.05) is 26.8 Å². The van der Waals surface area contributed by atoms with Crippen molar-refractivity contribution in [3.05, 3.63) is 56.7 Å². The van der Waals surface area contributed by atoms with Crippen LogP contribution in [0.1, 0.15) is 40.7 Å². The van der Waals surface area contributed by atoms with Crippen LogP contribution in [0, 0.1) is 6.92 Å². The van der Waals surface area contributed by atoms with E-state index in [2.05, 4.69) is 19.9 Å². The van der Waals surface area contributed by atoms with Gasteiger partial charge in [-0.1, -0.05) is 12.1 Å². The number of hydrogen-bond acceptors (Lipinski definition) is 8. The molecule has 0 saturated heterocycles. The molecular weight excluding hydrogens is 442 g/mol. The molecule has 10 heteroatoms. The molecule has 4 aromatic rings. The number of methoxy groups -OCH3 is 2. The summed E-state index contributed by atoms with van der Waals surface area (Å²) in [7, 11) is 3.11. The highest BCUT2D eigenvalue weighted by molar-refractivity contribution is 7.20. The number of ether oxygens (including phenoxy) is 2. The van der Waals surface area contributed by atoms with E-state index >= 15 is 0 Å². The largest absolute Gasteiger partial charge is 0.480 e. The van der Waals surface area contributed by atoms with Crippen molar-refractivity contribution < 1.29 is 14.3 Å². The van der Waals surface area contributed by atoms with Gasteiger partial charge in [0.1, 0.15) is 17.3 Å². The van der Waals surface area contributed by atoms with E-state index in [0.717, 1.165) is 5.56 Å². The van der Waals surface area contributed by atoms with Gasteiger partial charge in [-0.25, -0.2) is 9.97 Å². The van der Waals surface area contributed by atoms with E-state index in [9.17, 15) is 9.59 Å². The standard InChI is InChI=1S/C23H25N5O4S/c1-12(2)28(10-16-24-15-9-7-6-8-14(15)20(29)25-16)23(30)19-13(3)18-21(32-5)26-17(11-31-4)27-22(18)33-19/h6-9,12H,10-11H2,1-5H3,(H,24,25,29). The number of rotatable bonds is 7. The maximum absolute atomic E-state index is 13.6. The lowest BCUT2D eigenvalue weighted by Crippen LogP contribution is -2.37. The highest BCUT2D eigenvalue weighted by atomic mass is 32.1. The van der Waals surface area contributed by atoms with Gasteiger partial charge in [0.05, 0.1) is 34.8 Å². The molecular formula is C23H25N5O4S. The predicted molar refractivity (Wildman–Crippen MR) is 127 cm³/mol. The molecule has 1 aromatic carbocycles. The molecule has 33 heavy (non-hydrogen) atoms. The SMILES string of the molecule is COCc1nc(OC)c2c(C)c(C(=O)N(Cc3nc4ccccc4c(=O)[nH]3)C(C)C)sc2n1. The Morgan fingerprint density at radius 3 is 2.64 bits per heavy atom. The molecule has 1 amide bonds. The monoisotopic (exact) mass is 467 g/mol. The van der Waals surface area contributed by atoms with Gasteiger partial charge in [0, 0.05) is 13.2 Å². The van der Waals surface area contributed by atoms with E-state index < -0.39 is 0 Å². The third kappa shape index (κ3) is 4.31. The Kier molecular flexibility index (Phi) is 6.39. The zero-order valence-electron chi connectivity index (χ0n) is 19.1. The van der Waals surface area contributed by atoms with Gasteiger partial charge in [-0.2, -0.15) is 4.98 Å². The van der Waals surface area contributed by atoms with Crippen molar-refractivity contribution in [2.24, 2.45) is 0 Å². The molecule has 0 unspecified atom stereocenters. The van der Waals surface area contributed by atoms with Gasteiger partial charge in [-0.15, -0.1) is 11.3 Å². The van der Waals surface area contributed by atoms with E-state index in [4.69, 9.17) is 9.47 Å².